The first kappa shape index (κ1) is 8.08. The predicted octanol–water partition coefficient (Wildman–Crippen LogP) is 3.92. The number of rotatable bonds is 2. The average molecular weight is 176 g/mol. The minimum Gasteiger partial charge on any atom is -0.0811 e. The molecule has 0 N–H and O–H groups in total. The van der Waals surface area contributed by atoms with Gasteiger partial charge < -0.3 is 0 Å². The lowest BCUT2D eigenvalue weighted by Gasteiger charge is -2.50. The van der Waals surface area contributed by atoms with E-state index in [-0.39, 0.29) is 0 Å². The van der Waals surface area contributed by atoms with Crippen LogP contribution in [0.25, 0.3) is 0 Å². The zero-order chi connectivity index (χ0) is 8.94. The molecule has 3 aliphatic carbocycles. The summed E-state index contributed by atoms with van der Waals surface area (Å²) in [7, 11) is 0. The Labute approximate surface area is 81.4 Å². The van der Waals surface area contributed by atoms with Gasteiger partial charge in [0.15, 0.2) is 0 Å². The Morgan fingerprint density at radius 3 is 2.46 bits per heavy atom. The van der Waals surface area contributed by atoms with E-state index in [4.69, 9.17) is 0 Å². The smallest absolute Gasteiger partial charge is 0.00271 e. The van der Waals surface area contributed by atoms with Crippen molar-refractivity contribution in [2.24, 2.45) is 16.7 Å². The van der Waals surface area contributed by atoms with Crippen LogP contribution >= 0.6 is 0 Å². The highest BCUT2D eigenvalue weighted by atomic mass is 14.6. The summed E-state index contributed by atoms with van der Waals surface area (Å²) < 4.78 is 0. The van der Waals surface area contributed by atoms with Crippen LogP contribution in [0.15, 0.2) is 12.2 Å². The molecule has 3 aliphatic rings. The highest BCUT2D eigenvalue weighted by molar-refractivity contribution is 5.28. The standard InChI is InChI=1S/C13H20/c1-12-6-3-7-13(12,9-8-12)10-11-4-2-5-11/h8-9,11H,2-7,10H2,1H3. The van der Waals surface area contributed by atoms with E-state index in [0.29, 0.717) is 10.8 Å². The lowest BCUT2D eigenvalue weighted by Crippen LogP contribution is -2.41. The molecule has 0 spiro atoms. The van der Waals surface area contributed by atoms with Crippen LogP contribution in [0.5, 0.6) is 0 Å². The van der Waals surface area contributed by atoms with Crippen molar-refractivity contribution in [1.82, 2.24) is 0 Å². The van der Waals surface area contributed by atoms with E-state index in [1.54, 1.807) is 0 Å². The zero-order valence-electron chi connectivity index (χ0n) is 8.68. The van der Waals surface area contributed by atoms with Crippen LogP contribution in [0.2, 0.25) is 0 Å². The van der Waals surface area contributed by atoms with Gasteiger partial charge in [-0.25, -0.2) is 0 Å². The van der Waals surface area contributed by atoms with Gasteiger partial charge in [0, 0.05) is 0 Å². The van der Waals surface area contributed by atoms with Crippen molar-refractivity contribution < 1.29 is 0 Å². The Morgan fingerprint density at radius 2 is 2.00 bits per heavy atom. The Morgan fingerprint density at radius 1 is 1.15 bits per heavy atom. The molecule has 3 rings (SSSR count). The van der Waals surface area contributed by atoms with E-state index in [9.17, 15) is 0 Å². The zero-order valence-corrected chi connectivity index (χ0v) is 8.68. The Kier molecular flexibility index (Phi) is 1.49. The van der Waals surface area contributed by atoms with Crippen LogP contribution in [-0.2, 0) is 0 Å². The molecule has 2 saturated carbocycles. The maximum Gasteiger partial charge on any atom is -0.00271 e. The van der Waals surface area contributed by atoms with Gasteiger partial charge in [0.05, 0.1) is 0 Å². The van der Waals surface area contributed by atoms with Crippen molar-refractivity contribution in [2.45, 2.75) is 51.9 Å². The van der Waals surface area contributed by atoms with Crippen molar-refractivity contribution in [3.63, 3.8) is 0 Å². The maximum absolute atomic E-state index is 2.54. The Balaban J connectivity index is 1.77. The number of hydrogen-bond donors (Lipinski definition) is 0. The van der Waals surface area contributed by atoms with Crippen molar-refractivity contribution in [3.05, 3.63) is 12.2 Å². The van der Waals surface area contributed by atoms with Crippen LogP contribution in [0.4, 0.5) is 0 Å². The van der Waals surface area contributed by atoms with Gasteiger partial charge in [-0.05, 0) is 36.0 Å². The van der Waals surface area contributed by atoms with E-state index >= 15 is 0 Å². The number of allylic oxidation sites excluding steroid dienone is 2. The third kappa shape index (κ3) is 0.923. The SMILES string of the molecule is CC12C=CC1(CC1CCC1)CCC2. The van der Waals surface area contributed by atoms with Gasteiger partial charge in [-0.1, -0.05) is 44.8 Å². The van der Waals surface area contributed by atoms with Gasteiger partial charge in [0.1, 0.15) is 0 Å². The van der Waals surface area contributed by atoms with Gasteiger partial charge in [-0.3, -0.25) is 0 Å². The van der Waals surface area contributed by atoms with E-state index in [0.717, 1.165) is 5.92 Å². The molecule has 0 aromatic carbocycles. The number of hydrogen-bond acceptors (Lipinski definition) is 0. The third-order valence-electron chi connectivity index (χ3n) is 5.10. The minimum atomic E-state index is 0.614. The highest BCUT2D eigenvalue weighted by Gasteiger charge is 2.54. The second-order valence-corrected chi connectivity index (χ2v) is 5.76. The molecule has 72 valence electrons. The Hall–Kier alpha value is -0.260. The molecule has 0 aromatic heterocycles. The van der Waals surface area contributed by atoms with Gasteiger partial charge in [0.2, 0.25) is 0 Å². The first-order valence-corrected chi connectivity index (χ1v) is 5.95. The molecule has 0 heterocycles. The summed E-state index contributed by atoms with van der Waals surface area (Å²) in [4.78, 5) is 0. The van der Waals surface area contributed by atoms with Crippen LogP contribution in [0.1, 0.15) is 51.9 Å². The fourth-order valence-corrected chi connectivity index (χ4v) is 3.69. The molecule has 13 heavy (non-hydrogen) atoms. The van der Waals surface area contributed by atoms with Gasteiger partial charge >= 0.3 is 0 Å². The molecule has 0 heteroatoms. The van der Waals surface area contributed by atoms with Crippen LogP contribution in [0.3, 0.4) is 0 Å². The average Bonchev–Trinajstić information content (AvgIpc) is 2.23. The quantitative estimate of drug-likeness (QED) is 0.559. The fourth-order valence-electron chi connectivity index (χ4n) is 3.69. The molecule has 0 amide bonds. The van der Waals surface area contributed by atoms with Gasteiger partial charge in [-0.15, -0.1) is 0 Å². The van der Waals surface area contributed by atoms with Crippen LogP contribution < -0.4 is 0 Å². The predicted molar refractivity (Wildman–Crippen MR) is 55.5 cm³/mol. The monoisotopic (exact) mass is 176 g/mol. The van der Waals surface area contributed by atoms with Crippen LogP contribution in [-0.4, -0.2) is 0 Å². The van der Waals surface area contributed by atoms with Crippen molar-refractivity contribution in [2.75, 3.05) is 0 Å². The van der Waals surface area contributed by atoms with Crippen LogP contribution in [0, 0.1) is 16.7 Å². The summed E-state index contributed by atoms with van der Waals surface area (Å²) in [5, 5.41) is 0. The summed E-state index contributed by atoms with van der Waals surface area (Å²) in [6.07, 6.45) is 15.5. The third-order valence-corrected chi connectivity index (χ3v) is 5.10. The normalized spacial score (nSPS) is 48.4. The molecular weight excluding hydrogens is 156 g/mol. The summed E-state index contributed by atoms with van der Waals surface area (Å²) in [5.74, 6) is 1.09. The lowest BCUT2D eigenvalue weighted by molar-refractivity contribution is 0.0954. The molecular formula is C13H20. The molecule has 2 fully saturated rings. The molecule has 0 aromatic rings. The molecule has 0 bridgehead atoms. The summed E-state index contributed by atoms with van der Waals surface area (Å²) >= 11 is 0. The highest BCUT2D eigenvalue weighted by Crippen LogP contribution is 2.64. The maximum atomic E-state index is 2.54. The van der Waals surface area contributed by atoms with E-state index in [1.807, 2.05) is 0 Å². The molecule has 0 radical (unpaired) electrons. The summed E-state index contributed by atoms with van der Waals surface area (Å²) in [5.41, 5.74) is 1.28. The molecule has 2 unspecified atom stereocenters. The second kappa shape index (κ2) is 2.40. The largest absolute Gasteiger partial charge is 0.0811 e. The van der Waals surface area contributed by atoms with E-state index in [1.165, 1.54) is 44.9 Å². The van der Waals surface area contributed by atoms with Crippen molar-refractivity contribution in [1.29, 1.82) is 0 Å². The van der Waals surface area contributed by atoms with E-state index < -0.39 is 0 Å². The van der Waals surface area contributed by atoms with Crippen molar-refractivity contribution >= 4 is 0 Å². The lowest BCUT2D eigenvalue weighted by atomic mass is 9.54. The minimum absolute atomic E-state index is 0.614. The van der Waals surface area contributed by atoms with Gasteiger partial charge in [-0.2, -0.15) is 0 Å². The molecule has 2 atom stereocenters. The van der Waals surface area contributed by atoms with E-state index in [2.05, 4.69) is 19.1 Å². The number of fused-ring (bicyclic) bond motifs is 1. The first-order chi connectivity index (χ1) is 6.24. The molecule has 0 saturated heterocycles. The fraction of sp³-hybridized carbons (Fsp3) is 0.846. The summed E-state index contributed by atoms with van der Waals surface area (Å²) in [6, 6.07) is 0. The molecule has 0 nitrogen and oxygen atoms in total. The molecule has 0 aliphatic heterocycles. The van der Waals surface area contributed by atoms with Gasteiger partial charge in [0.25, 0.3) is 0 Å². The summed E-state index contributed by atoms with van der Waals surface area (Å²) in [6.45, 7) is 2.48. The Bertz CT molecular complexity index is 249. The van der Waals surface area contributed by atoms with Crippen molar-refractivity contribution in [3.8, 4) is 0 Å². The first-order valence-electron chi connectivity index (χ1n) is 5.95. The topological polar surface area (TPSA) is 0 Å². The second-order valence-electron chi connectivity index (χ2n) is 5.76.